The largest absolute Gasteiger partial charge is 0.342 e. The average molecular weight is 257 g/mol. The molecule has 17 heavy (non-hydrogen) atoms. The molecule has 0 heterocycles. The molecule has 1 aliphatic carbocycles. The first-order chi connectivity index (χ1) is 7.74. The van der Waals surface area contributed by atoms with Gasteiger partial charge in [0, 0.05) is 13.1 Å². The predicted molar refractivity (Wildman–Crippen MR) is 76.4 cm³/mol. The van der Waals surface area contributed by atoms with Crippen LogP contribution in [0.2, 0.25) is 0 Å². The maximum Gasteiger partial charge on any atom is 0.235 e. The second-order valence-corrected chi connectivity index (χ2v) is 7.09. The van der Waals surface area contributed by atoms with Gasteiger partial charge < -0.3 is 4.90 Å². The van der Waals surface area contributed by atoms with Gasteiger partial charge >= 0.3 is 0 Å². The van der Waals surface area contributed by atoms with Crippen LogP contribution in [0.5, 0.6) is 0 Å². The molecule has 0 aliphatic heterocycles. The molecule has 1 saturated carbocycles. The zero-order chi connectivity index (χ0) is 13.2. The van der Waals surface area contributed by atoms with Crippen molar-refractivity contribution >= 4 is 18.5 Å². The van der Waals surface area contributed by atoms with Gasteiger partial charge in [0.25, 0.3) is 0 Å². The molecule has 0 radical (unpaired) electrons. The van der Waals surface area contributed by atoms with Gasteiger partial charge in [-0.2, -0.15) is 12.6 Å². The number of hydrogen-bond donors (Lipinski definition) is 1. The molecular weight excluding hydrogens is 230 g/mol. The minimum absolute atomic E-state index is 0.157. The van der Waals surface area contributed by atoms with Crippen molar-refractivity contribution < 1.29 is 4.79 Å². The van der Waals surface area contributed by atoms with Crippen LogP contribution in [0.15, 0.2) is 0 Å². The third kappa shape index (κ3) is 3.90. The third-order valence-corrected chi connectivity index (χ3v) is 4.91. The van der Waals surface area contributed by atoms with Crippen LogP contribution in [-0.4, -0.2) is 29.1 Å². The van der Waals surface area contributed by atoms with Crippen LogP contribution in [0.25, 0.3) is 0 Å². The molecule has 0 spiro atoms. The van der Waals surface area contributed by atoms with Gasteiger partial charge in [-0.25, -0.2) is 0 Å². The Bertz CT molecular complexity index is 265. The van der Waals surface area contributed by atoms with Crippen LogP contribution >= 0.6 is 12.6 Å². The second-order valence-electron chi connectivity index (χ2n) is 6.53. The fourth-order valence-corrected chi connectivity index (χ4v) is 2.63. The van der Waals surface area contributed by atoms with E-state index >= 15 is 0 Å². The van der Waals surface area contributed by atoms with Crippen molar-refractivity contribution in [2.75, 3.05) is 7.05 Å². The highest BCUT2D eigenvalue weighted by atomic mass is 32.1. The summed E-state index contributed by atoms with van der Waals surface area (Å²) in [5.74, 6) is 0.487. The van der Waals surface area contributed by atoms with Gasteiger partial charge in [-0.3, -0.25) is 4.79 Å². The lowest BCUT2D eigenvalue weighted by Crippen LogP contribution is -2.45. The molecule has 0 aromatic rings. The van der Waals surface area contributed by atoms with E-state index in [1.54, 1.807) is 0 Å². The Morgan fingerprint density at radius 3 is 2.18 bits per heavy atom. The zero-order valence-corrected chi connectivity index (χ0v) is 12.8. The molecule has 0 bridgehead atoms. The van der Waals surface area contributed by atoms with E-state index in [4.69, 9.17) is 0 Å². The smallest absolute Gasteiger partial charge is 0.235 e. The summed E-state index contributed by atoms with van der Waals surface area (Å²) in [6, 6.07) is 0.420. The van der Waals surface area contributed by atoms with Gasteiger partial charge in [0.05, 0.1) is 5.25 Å². The van der Waals surface area contributed by atoms with Crippen molar-refractivity contribution in [3.05, 3.63) is 0 Å². The molecule has 0 saturated heterocycles. The van der Waals surface area contributed by atoms with E-state index in [0.29, 0.717) is 17.4 Å². The summed E-state index contributed by atoms with van der Waals surface area (Å²) in [5.41, 5.74) is 0.457. The molecule has 1 amide bonds. The monoisotopic (exact) mass is 257 g/mol. The minimum Gasteiger partial charge on any atom is -0.342 e. The first-order valence-electron chi connectivity index (χ1n) is 6.69. The average Bonchev–Trinajstić information content (AvgIpc) is 2.26. The molecule has 0 aromatic heterocycles. The first-order valence-corrected chi connectivity index (χ1v) is 7.21. The summed E-state index contributed by atoms with van der Waals surface area (Å²) in [5, 5.41) is -0.157. The van der Waals surface area contributed by atoms with Crippen LogP contribution in [0.3, 0.4) is 0 Å². The highest BCUT2D eigenvalue weighted by Crippen LogP contribution is 2.36. The maximum atomic E-state index is 12.2. The van der Waals surface area contributed by atoms with Gasteiger partial charge in [-0.15, -0.1) is 0 Å². The van der Waals surface area contributed by atoms with E-state index in [-0.39, 0.29) is 11.2 Å². The second kappa shape index (κ2) is 5.64. The highest BCUT2D eigenvalue weighted by molar-refractivity contribution is 7.81. The van der Waals surface area contributed by atoms with Crippen molar-refractivity contribution in [3.8, 4) is 0 Å². The quantitative estimate of drug-likeness (QED) is 0.769. The van der Waals surface area contributed by atoms with Crippen LogP contribution in [0.1, 0.15) is 53.4 Å². The lowest BCUT2D eigenvalue weighted by atomic mass is 9.75. The number of hydrogen-bond acceptors (Lipinski definition) is 2. The van der Waals surface area contributed by atoms with Crippen LogP contribution in [-0.2, 0) is 4.79 Å². The molecule has 1 aliphatic rings. The summed E-state index contributed by atoms with van der Waals surface area (Å²) >= 11 is 4.42. The SMILES string of the molecule is CC(C)C(S)C(=O)N(C)C1CCC(C)(C)CC1. The molecule has 100 valence electrons. The summed E-state index contributed by atoms with van der Waals surface area (Å²) in [4.78, 5) is 14.1. The number of carbonyl (C=O) groups is 1. The fraction of sp³-hybridized carbons (Fsp3) is 0.929. The number of thiol groups is 1. The van der Waals surface area contributed by atoms with Crippen molar-refractivity contribution in [2.45, 2.75) is 64.7 Å². The summed E-state index contributed by atoms with van der Waals surface area (Å²) in [6.45, 7) is 8.74. The van der Waals surface area contributed by atoms with E-state index in [9.17, 15) is 4.79 Å². The van der Waals surface area contributed by atoms with Crippen molar-refractivity contribution in [1.29, 1.82) is 0 Å². The molecule has 1 fully saturated rings. The summed E-state index contributed by atoms with van der Waals surface area (Å²) in [7, 11) is 1.94. The summed E-state index contributed by atoms with van der Waals surface area (Å²) < 4.78 is 0. The van der Waals surface area contributed by atoms with E-state index in [0.717, 1.165) is 12.8 Å². The molecule has 1 rings (SSSR count). The van der Waals surface area contributed by atoms with Gasteiger partial charge in [0.2, 0.25) is 5.91 Å². The first kappa shape index (κ1) is 14.9. The Morgan fingerprint density at radius 2 is 1.76 bits per heavy atom. The molecular formula is C14H27NOS. The number of rotatable bonds is 3. The Kier molecular flexibility index (Phi) is 4.94. The molecule has 1 unspecified atom stereocenters. The molecule has 1 atom stereocenters. The van der Waals surface area contributed by atoms with Gasteiger partial charge in [-0.1, -0.05) is 27.7 Å². The fourth-order valence-electron chi connectivity index (χ4n) is 2.45. The minimum atomic E-state index is -0.157. The Balaban J connectivity index is 2.54. The standard InChI is InChI=1S/C14H27NOS/c1-10(2)12(17)13(16)15(5)11-6-8-14(3,4)9-7-11/h10-12,17H,6-9H2,1-5H3. The predicted octanol–water partition coefficient (Wildman–Crippen LogP) is 3.37. The maximum absolute atomic E-state index is 12.2. The molecule has 0 aromatic carbocycles. The van der Waals surface area contributed by atoms with Crippen LogP contribution < -0.4 is 0 Å². The number of amides is 1. The molecule has 0 N–H and O–H groups in total. The van der Waals surface area contributed by atoms with E-state index in [1.807, 2.05) is 25.8 Å². The van der Waals surface area contributed by atoms with Crippen molar-refractivity contribution in [1.82, 2.24) is 4.90 Å². The lowest BCUT2D eigenvalue weighted by molar-refractivity contribution is -0.133. The normalized spacial score (nSPS) is 22.5. The van der Waals surface area contributed by atoms with E-state index in [2.05, 4.69) is 26.5 Å². The van der Waals surface area contributed by atoms with E-state index in [1.165, 1.54) is 12.8 Å². The number of nitrogens with zero attached hydrogens (tertiary/aromatic N) is 1. The lowest BCUT2D eigenvalue weighted by Gasteiger charge is -2.39. The van der Waals surface area contributed by atoms with Crippen LogP contribution in [0, 0.1) is 11.3 Å². The third-order valence-electron chi connectivity index (χ3n) is 4.09. The highest BCUT2D eigenvalue weighted by Gasteiger charge is 2.32. The van der Waals surface area contributed by atoms with Gasteiger partial charge in [0.15, 0.2) is 0 Å². The zero-order valence-electron chi connectivity index (χ0n) is 11.9. The van der Waals surface area contributed by atoms with Crippen LogP contribution in [0.4, 0.5) is 0 Å². The Labute approximate surface area is 112 Å². The number of carbonyl (C=O) groups excluding carboxylic acids is 1. The molecule has 2 nitrogen and oxygen atoms in total. The topological polar surface area (TPSA) is 20.3 Å². The molecule has 3 heteroatoms. The van der Waals surface area contributed by atoms with Gasteiger partial charge in [-0.05, 0) is 37.0 Å². The van der Waals surface area contributed by atoms with Gasteiger partial charge in [0.1, 0.15) is 0 Å². The Morgan fingerprint density at radius 1 is 1.29 bits per heavy atom. The Hall–Kier alpha value is -0.180. The van der Waals surface area contributed by atoms with Crippen molar-refractivity contribution in [3.63, 3.8) is 0 Å². The van der Waals surface area contributed by atoms with E-state index < -0.39 is 0 Å². The van der Waals surface area contributed by atoms with Crippen molar-refractivity contribution in [2.24, 2.45) is 11.3 Å². The summed E-state index contributed by atoms with van der Waals surface area (Å²) in [6.07, 6.45) is 4.70.